The van der Waals surface area contributed by atoms with E-state index in [2.05, 4.69) is 26.2 Å². The number of sulfone groups is 1. The highest BCUT2D eigenvalue weighted by atomic mass is 79.9. The largest absolute Gasteiger partial charge is 0.422 e. The van der Waals surface area contributed by atoms with Crippen molar-refractivity contribution in [2.45, 2.75) is 16.0 Å². The van der Waals surface area contributed by atoms with Gasteiger partial charge < -0.3 is 9.73 Å². The van der Waals surface area contributed by atoms with Crippen LogP contribution in [0, 0.1) is 5.82 Å². The summed E-state index contributed by atoms with van der Waals surface area (Å²) in [6, 6.07) is 11.7. The van der Waals surface area contributed by atoms with Gasteiger partial charge in [-0.15, -0.1) is 0 Å². The number of hydrogen-bond donors (Lipinski definition) is 1. The van der Waals surface area contributed by atoms with Crippen molar-refractivity contribution in [3.63, 3.8) is 0 Å². The third-order valence-corrected chi connectivity index (χ3v) is 6.69. The van der Waals surface area contributed by atoms with E-state index in [-0.39, 0.29) is 31.4 Å². The third-order valence-electron chi connectivity index (χ3n) is 4.31. The van der Waals surface area contributed by atoms with Crippen molar-refractivity contribution in [1.82, 2.24) is 4.98 Å². The predicted octanol–water partition coefficient (Wildman–Crippen LogP) is 6.32. The fourth-order valence-corrected chi connectivity index (χ4v) is 4.59. The van der Waals surface area contributed by atoms with Gasteiger partial charge in [0.05, 0.1) is 19.8 Å². The van der Waals surface area contributed by atoms with Crippen molar-refractivity contribution < 1.29 is 30.4 Å². The summed E-state index contributed by atoms with van der Waals surface area (Å²) in [4.78, 5) is 3.94. The van der Waals surface area contributed by atoms with Crippen LogP contribution in [0.25, 0.3) is 11.1 Å². The monoisotopic (exact) mass is 514 g/mol. The van der Waals surface area contributed by atoms with Gasteiger partial charge in [0.25, 0.3) is 6.01 Å². The average molecular weight is 515 g/mol. The summed E-state index contributed by atoms with van der Waals surface area (Å²) in [5.74, 6) is -0.550. The molecule has 3 aromatic carbocycles. The number of nitrogens with one attached hydrogen (secondary N) is 1. The number of benzene rings is 3. The lowest BCUT2D eigenvalue weighted by atomic mass is 10.2. The average Bonchev–Trinajstić information content (AvgIpc) is 3.11. The molecule has 0 atom stereocenters. The summed E-state index contributed by atoms with van der Waals surface area (Å²) in [6.07, 6.45) is -4.53. The van der Waals surface area contributed by atoms with Crippen LogP contribution in [0.4, 0.5) is 29.3 Å². The highest BCUT2D eigenvalue weighted by Gasteiger charge is 2.32. The maximum atomic E-state index is 13.0. The van der Waals surface area contributed by atoms with Gasteiger partial charge in [-0.05, 0) is 76.6 Å². The Bertz CT molecular complexity index is 1370. The van der Waals surface area contributed by atoms with Crippen LogP contribution < -0.4 is 5.32 Å². The number of rotatable bonds is 4. The summed E-state index contributed by atoms with van der Waals surface area (Å²) in [5, 5.41) is 2.78. The van der Waals surface area contributed by atoms with Crippen molar-refractivity contribution in [3.05, 3.63) is 76.5 Å². The smallest absolute Gasteiger partial charge is 0.416 e. The Morgan fingerprint density at radius 2 is 1.52 bits per heavy atom. The lowest BCUT2D eigenvalue weighted by Gasteiger charge is -2.06. The minimum atomic E-state index is -4.53. The molecule has 1 heterocycles. The molecule has 1 N–H and O–H groups in total. The molecule has 5 nitrogen and oxygen atoms in total. The van der Waals surface area contributed by atoms with Gasteiger partial charge in [-0.2, -0.15) is 18.2 Å². The van der Waals surface area contributed by atoms with Crippen LogP contribution in [0.5, 0.6) is 0 Å². The SMILES string of the molecule is O=S(=O)(c1ccc(F)cc1)c1ccc(Nc2nc3cc(C(F)(F)F)cc(Br)c3o2)cc1. The number of alkyl halides is 3. The van der Waals surface area contributed by atoms with Gasteiger partial charge in [0.1, 0.15) is 11.3 Å². The molecular formula is C20H11BrF4N2O3S. The van der Waals surface area contributed by atoms with E-state index >= 15 is 0 Å². The zero-order valence-electron chi connectivity index (χ0n) is 15.2. The van der Waals surface area contributed by atoms with Crippen LogP contribution in [0.2, 0.25) is 0 Å². The Kier molecular flexibility index (Phi) is 5.26. The van der Waals surface area contributed by atoms with Crippen molar-refractivity contribution in [2.75, 3.05) is 5.32 Å². The highest BCUT2D eigenvalue weighted by Crippen LogP contribution is 2.36. The van der Waals surface area contributed by atoms with E-state index in [1.54, 1.807) is 0 Å². The number of fused-ring (bicyclic) bond motifs is 1. The summed E-state index contributed by atoms with van der Waals surface area (Å²) < 4.78 is 82.7. The summed E-state index contributed by atoms with van der Waals surface area (Å²) in [5.41, 5.74) is -0.343. The Morgan fingerprint density at radius 1 is 0.935 bits per heavy atom. The van der Waals surface area contributed by atoms with E-state index in [0.29, 0.717) is 5.69 Å². The summed E-state index contributed by atoms with van der Waals surface area (Å²) in [6.45, 7) is 0. The summed E-state index contributed by atoms with van der Waals surface area (Å²) >= 11 is 3.05. The van der Waals surface area contributed by atoms with Crippen LogP contribution in [0.15, 0.2) is 79.3 Å². The second-order valence-electron chi connectivity index (χ2n) is 6.43. The quantitative estimate of drug-likeness (QED) is 0.254. The van der Waals surface area contributed by atoms with E-state index in [1.807, 2.05) is 0 Å². The van der Waals surface area contributed by atoms with E-state index in [1.165, 1.54) is 36.4 Å². The molecule has 0 bridgehead atoms. The second-order valence-corrected chi connectivity index (χ2v) is 9.23. The molecule has 0 aliphatic carbocycles. The van der Waals surface area contributed by atoms with Gasteiger partial charge >= 0.3 is 6.18 Å². The van der Waals surface area contributed by atoms with Crippen LogP contribution >= 0.6 is 15.9 Å². The van der Waals surface area contributed by atoms with Crippen LogP contribution in [0.3, 0.4) is 0 Å². The number of nitrogens with zero attached hydrogens (tertiary/aromatic N) is 1. The Morgan fingerprint density at radius 3 is 2.10 bits per heavy atom. The fraction of sp³-hybridized carbons (Fsp3) is 0.0500. The van der Waals surface area contributed by atoms with Crippen molar-refractivity contribution in [3.8, 4) is 0 Å². The predicted molar refractivity (Wildman–Crippen MR) is 108 cm³/mol. The van der Waals surface area contributed by atoms with Crippen molar-refractivity contribution in [2.24, 2.45) is 0 Å². The number of oxazole rings is 1. The molecule has 11 heteroatoms. The van der Waals surface area contributed by atoms with E-state index < -0.39 is 27.4 Å². The molecule has 4 rings (SSSR count). The number of halogens is 5. The first kappa shape index (κ1) is 21.3. The topological polar surface area (TPSA) is 72.2 Å². The first-order valence-corrected chi connectivity index (χ1v) is 10.9. The normalized spacial score (nSPS) is 12.3. The Hall–Kier alpha value is -2.92. The minimum Gasteiger partial charge on any atom is -0.422 e. The van der Waals surface area contributed by atoms with Gasteiger partial charge in [0.15, 0.2) is 5.58 Å². The molecule has 0 saturated heterocycles. The molecular weight excluding hydrogens is 504 g/mol. The Balaban J connectivity index is 1.60. The lowest BCUT2D eigenvalue weighted by Crippen LogP contribution is -2.04. The number of aromatic nitrogens is 1. The van der Waals surface area contributed by atoms with Crippen LogP contribution in [-0.4, -0.2) is 13.4 Å². The first-order valence-electron chi connectivity index (χ1n) is 8.59. The second kappa shape index (κ2) is 7.65. The standard InChI is InChI=1S/C20H11BrF4N2O3S/c21-16-9-11(20(23,24)25)10-17-18(16)30-19(27-17)26-13-3-7-15(8-4-13)31(28,29)14-5-1-12(22)2-6-14/h1-10H,(H,26,27). The van der Waals surface area contributed by atoms with Crippen LogP contribution in [0.1, 0.15) is 5.56 Å². The molecule has 0 amide bonds. The minimum absolute atomic E-state index is 0.000271. The molecule has 0 radical (unpaired) electrons. The van der Waals surface area contributed by atoms with Crippen LogP contribution in [-0.2, 0) is 16.0 Å². The zero-order chi connectivity index (χ0) is 22.4. The molecule has 0 spiro atoms. The fourth-order valence-electron chi connectivity index (χ4n) is 2.80. The maximum Gasteiger partial charge on any atom is 0.416 e. The van der Waals surface area contributed by atoms with E-state index in [9.17, 15) is 26.0 Å². The van der Waals surface area contributed by atoms with Gasteiger partial charge in [0.2, 0.25) is 9.84 Å². The Labute approximate surface area is 181 Å². The number of hydrogen-bond acceptors (Lipinski definition) is 5. The molecule has 1 aromatic heterocycles. The molecule has 0 aliphatic heterocycles. The molecule has 0 unspecified atom stereocenters. The first-order chi connectivity index (χ1) is 14.5. The highest BCUT2D eigenvalue weighted by molar-refractivity contribution is 9.10. The van der Waals surface area contributed by atoms with Crippen molar-refractivity contribution in [1.29, 1.82) is 0 Å². The molecule has 31 heavy (non-hydrogen) atoms. The maximum absolute atomic E-state index is 13.0. The van der Waals surface area contributed by atoms with E-state index in [0.717, 1.165) is 24.3 Å². The molecule has 4 aromatic rings. The van der Waals surface area contributed by atoms with Crippen molar-refractivity contribution >= 4 is 48.6 Å². The summed E-state index contributed by atoms with van der Waals surface area (Å²) in [7, 11) is -3.84. The number of anilines is 2. The molecule has 0 fully saturated rings. The molecule has 0 saturated carbocycles. The van der Waals surface area contributed by atoms with Gasteiger partial charge in [-0.25, -0.2) is 12.8 Å². The van der Waals surface area contributed by atoms with E-state index in [4.69, 9.17) is 4.42 Å². The van der Waals surface area contributed by atoms with Gasteiger partial charge in [-0.1, -0.05) is 0 Å². The third kappa shape index (κ3) is 4.28. The lowest BCUT2D eigenvalue weighted by molar-refractivity contribution is -0.137. The van der Waals surface area contributed by atoms with Gasteiger partial charge in [0, 0.05) is 5.69 Å². The molecule has 0 aliphatic rings. The molecule has 160 valence electrons. The van der Waals surface area contributed by atoms with Gasteiger partial charge in [-0.3, -0.25) is 0 Å². The zero-order valence-corrected chi connectivity index (χ0v) is 17.6.